The average molecular weight is 182 g/mol. The van der Waals surface area contributed by atoms with E-state index >= 15 is 0 Å². The molecule has 0 aromatic carbocycles. The van der Waals surface area contributed by atoms with E-state index < -0.39 is 0 Å². The van der Waals surface area contributed by atoms with Crippen molar-refractivity contribution in [1.29, 1.82) is 0 Å². The first-order valence-corrected chi connectivity index (χ1v) is 5.66. The second kappa shape index (κ2) is 2.98. The Kier molecular flexibility index (Phi) is 2.18. The minimum Gasteiger partial charge on any atom is -0.375 e. The van der Waals surface area contributed by atoms with Gasteiger partial charge < -0.3 is 4.74 Å². The molecule has 0 aromatic rings. The molecule has 1 nitrogen and oxygen atoms in total. The molecule has 2 unspecified atom stereocenters. The molecule has 2 fully saturated rings. The molecule has 1 saturated carbocycles. The smallest absolute Gasteiger partial charge is 0.0686 e. The molecule has 1 aliphatic carbocycles. The summed E-state index contributed by atoms with van der Waals surface area (Å²) in [7, 11) is 0. The maximum absolute atomic E-state index is 5.93. The Morgan fingerprint density at radius 1 is 1.23 bits per heavy atom. The van der Waals surface area contributed by atoms with Gasteiger partial charge in [-0.15, -0.1) is 0 Å². The minimum atomic E-state index is 0.317. The van der Waals surface area contributed by atoms with Crippen molar-refractivity contribution in [2.45, 2.75) is 58.5 Å². The molecule has 1 saturated heterocycles. The molecule has 2 rings (SSSR count). The largest absolute Gasteiger partial charge is 0.375 e. The Morgan fingerprint density at radius 3 is 2.46 bits per heavy atom. The molecular formula is C12H22O. The van der Waals surface area contributed by atoms with Crippen LogP contribution in [0.1, 0.15) is 52.9 Å². The van der Waals surface area contributed by atoms with Crippen LogP contribution in [0.4, 0.5) is 0 Å². The van der Waals surface area contributed by atoms with Crippen molar-refractivity contribution in [1.82, 2.24) is 0 Å². The van der Waals surface area contributed by atoms with Gasteiger partial charge in [-0.1, -0.05) is 20.8 Å². The highest BCUT2D eigenvalue weighted by Gasteiger charge is 2.45. The van der Waals surface area contributed by atoms with E-state index in [0.717, 1.165) is 12.5 Å². The Hall–Kier alpha value is -0.0400. The molecule has 2 aliphatic rings. The Labute approximate surface area is 81.9 Å². The Morgan fingerprint density at radius 2 is 2.00 bits per heavy atom. The molecule has 0 amide bonds. The van der Waals surface area contributed by atoms with E-state index in [0.29, 0.717) is 11.0 Å². The van der Waals surface area contributed by atoms with Crippen molar-refractivity contribution in [3.8, 4) is 0 Å². The molecule has 1 heteroatoms. The van der Waals surface area contributed by atoms with E-state index in [2.05, 4.69) is 20.8 Å². The van der Waals surface area contributed by atoms with Gasteiger partial charge in [-0.3, -0.25) is 0 Å². The summed E-state index contributed by atoms with van der Waals surface area (Å²) in [6.45, 7) is 8.11. The number of hydrogen-bond acceptors (Lipinski definition) is 1. The lowest BCUT2D eigenvalue weighted by molar-refractivity contribution is 0.00239. The summed E-state index contributed by atoms with van der Waals surface area (Å²) in [4.78, 5) is 0. The highest BCUT2D eigenvalue weighted by Crippen LogP contribution is 2.49. The first-order valence-electron chi connectivity index (χ1n) is 5.66. The summed E-state index contributed by atoms with van der Waals surface area (Å²) >= 11 is 0. The van der Waals surface area contributed by atoms with Crippen LogP contribution in [-0.4, -0.2) is 12.2 Å². The van der Waals surface area contributed by atoms with Gasteiger partial charge in [0, 0.05) is 6.61 Å². The van der Waals surface area contributed by atoms with Gasteiger partial charge in [-0.2, -0.15) is 0 Å². The van der Waals surface area contributed by atoms with Crippen molar-refractivity contribution >= 4 is 0 Å². The zero-order valence-corrected chi connectivity index (χ0v) is 9.23. The van der Waals surface area contributed by atoms with E-state index in [9.17, 15) is 0 Å². The molecule has 76 valence electrons. The number of rotatable bonds is 0. The fourth-order valence-electron chi connectivity index (χ4n) is 2.94. The molecule has 2 atom stereocenters. The van der Waals surface area contributed by atoms with E-state index in [-0.39, 0.29) is 0 Å². The summed E-state index contributed by atoms with van der Waals surface area (Å²) in [6.07, 6.45) is 6.62. The van der Waals surface area contributed by atoms with E-state index in [4.69, 9.17) is 4.74 Å². The predicted octanol–water partition coefficient (Wildman–Crippen LogP) is 3.38. The first-order chi connectivity index (χ1) is 6.02. The molecule has 0 N–H and O–H groups in total. The molecule has 1 heterocycles. The van der Waals surface area contributed by atoms with Crippen LogP contribution < -0.4 is 0 Å². The summed E-state index contributed by atoms with van der Waals surface area (Å²) in [5.74, 6) is 0.880. The summed E-state index contributed by atoms with van der Waals surface area (Å²) in [6, 6.07) is 0. The number of ether oxygens (including phenoxy) is 1. The fourth-order valence-corrected chi connectivity index (χ4v) is 2.94. The lowest BCUT2D eigenvalue weighted by atomic mass is 9.79. The third-order valence-corrected chi connectivity index (χ3v) is 3.98. The maximum atomic E-state index is 5.93. The molecular weight excluding hydrogens is 160 g/mol. The summed E-state index contributed by atoms with van der Waals surface area (Å²) < 4.78 is 5.93. The van der Waals surface area contributed by atoms with Gasteiger partial charge in [0.2, 0.25) is 0 Å². The van der Waals surface area contributed by atoms with Gasteiger partial charge in [-0.05, 0) is 43.4 Å². The lowest BCUT2D eigenvalue weighted by Gasteiger charge is -2.29. The fraction of sp³-hybridized carbons (Fsp3) is 1.00. The van der Waals surface area contributed by atoms with Crippen LogP contribution in [0, 0.1) is 11.3 Å². The van der Waals surface area contributed by atoms with Crippen LogP contribution >= 0.6 is 0 Å². The van der Waals surface area contributed by atoms with Crippen LogP contribution in [0.2, 0.25) is 0 Å². The summed E-state index contributed by atoms with van der Waals surface area (Å²) in [5.41, 5.74) is 0.799. The zero-order chi connectivity index (χ0) is 9.53. The first kappa shape index (κ1) is 9.51. The topological polar surface area (TPSA) is 9.23 Å². The molecule has 1 spiro atoms. The van der Waals surface area contributed by atoms with E-state index in [1.807, 2.05) is 0 Å². The predicted molar refractivity (Wildman–Crippen MR) is 54.7 cm³/mol. The lowest BCUT2D eigenvalue weighted by Crippen LogP contribution is -2.26. The summed E-state index contributed by atoms with van der Waals surface area (Å²) in [5, 5.41) is 0. The van der Waals surface area contributed by atoms with Crippen molar-refractivity contribution in [2.75, 3.05) is 6.61 Å². The molecule has 0 radical (unpaired) electrons. The van der Waals surface area contributed by atoms with Gasteiger partial charge in [-0.25, -0.2) is 0 Å². The normalized spacial score (nSPS) is 40.4. The quantitative estimate of drug-likeness (QED) is 0.558. The van der Waals surface area contributed by atoms with Crippen LogP contribution in [0.25, 0.3) is 0 Å². The van der Waals surface area contributed by atoms with Crippen LogP contribution in [-0.2, 0) is 4.74 Å². The van der Waals surface area contributed by atoms with Crippen molar-refractivity contribution in [2.24, 2.45) is 11.3 Å². The highest BCUT2D eigenvalue weighted by molar-refractivity contribution is 4.96. The minimum absolute atomic E-state index is 0.317. The van der Waals surface area contributed by atoms with Crippen LogP contribution in [0.15, 0.2) is 0 Å². The Balaban J connectivity index is 2.01. The number of hydrogen-bond donors (Lipinski definition) is 0. The molecule has 0 bridgehead atoms. The SMILES string of the molecule is CC(C)(C)C1CCC2(CCCO2)C1. The van der Waals surface area contributed by atoms with Crippen molar-refractivity contribution in [3.63, 3.8) is 0 Å². The van der Waals surface area contributed by atoms with Crippen LogP contribution in [0.3, 0.4) is 0 Å². The molecule has 1 aliphatic heterocycles. The van der Waals surface area contributed by atoms with Gasteiger partial charge in [0.05, 0.1) is 5.60 Å². The standard InChI is InChI=1S/C12H22O/c1-11(2,3)10-5-7-12(9-10)6-4-8-13-12/h10H,4-9H2,1-3H3. The van der Waals surface area contributed by atoms with Gasteiger partial charge in [0.15, 0.2) is 0 Å². The average Bonchev–Trinajstić information content (AvgIpc) is 2.60. The van der Waals surface area contributed by atoms with E-state index in [1.165, 1.54) is 32.1 Å². The second-order valence-corrected chi connectivity index (χ2v) is 5.94. The zero-order valence-electron chi connectivity index (χ0n) is 9.23. The van der Waals surface area contributed by atoms with Crippen molar-refractivity contribution in [3.05, 3.63) is 0 Å². The highest BCUT2D eigenvalue weighted by atomic mass is 16.5. The maximum Gasteiger partial charge on any atom is 0.0686 e. The van der Waals surface area contributed by atoms with Gasteiger partial charge in [0.25, 0.3) is 0 Å². The van der Waals surface area contributed by atoms with Crippen LogP contribution in [0.5, 0.6) is 0 Å². The monoisotopic (exact) mass is 182 g/mol. The van der Waals surface area contributed by atoms with E-state index in [1.54, 1.807) is 0 Å². The third kappa shape index (κ3) is 1.76. The molecule has 13 heavy (non-hydrogen) atoms. The third-order valence-electron chi connectivity index (χ3n) is 3.98. The van der Waals surface area contributed by atoms with Gasteiger partial charge in [0.1, 0.15) is 0 Å². The van der Waals surface area contributed by atoms with Crippen molar-refractivity contribution < 1.29 is 4.74 Å². The van der Waals surface area contributed by atoms with Gasteiger partial charge >= 0.3 is 0 Å². The second-order valence-electron chi connectivity index (χ2n) is 5.94. The Bertz CT molecular complexity index is 184. The molecule has 0 aromatic heterocycles.